The van der Waals surface area contributed by atoms with Gasteiger partial charge in [-0.1, -0.05) is 6.07 Å². The van der Waals surface area contributed by atoms with E-state index in [4.69, 9.17) is 0 Å². The lowest BCUT2D eigenvalue weighted by molar-refractivity contribution is 1.09. The van der Waals surface area contributed by atoms with Crippen molar-refractivity contribution >= 4 is 5.82 Å². The van der Waals surface area contributed by atoms with Gasteiger partial charge in [0.05, 0.1) is 5.69 Å². The third kappa shape index (κ3) is 0.500. The zero-order chi connectivity index (χ0) is 6.97. The molecule has 0 unspecified atom stereocenters. The van der Waals surface area contributed by atoms with Gasteiger partial charge in [-0.3, -0.25) is 10.2 Å². The standard InChI is InChI=1S/C6H5N3O/c10-9-6-4-2-1-3-5(4)7-8-6/h1-3,7-8H. The van der Waals surface area contributed by atoms with Crippen LogP contribution in [0.3, 0.4) is 0 Å². The quantitative estimate of drug-likeness (QED) is 0.576. The molecule has 1 aliphatic carbocycles. The summed E-state index contributed by atoms with van der Waals surface area (Å²) in [5.41, 5.74) is 1.75. The smallest absolute Gasteiger partial charge is 0.198 e. The lowest BCUT2D eigenvalue weighted by atomic mass is 10.3. The highest BCUT2D eigenvalue weighted by molar-refractivity contribution is 5.72. The molecule has 0 aromatic heterocycles. The van der Waals surface area contributed by atoms with Crippen LogP contribution in [0.2, 0.25) is 0 Å². The minimum absolute atomic E-state index is 0.361. The Bertz CT molecular complexity index is 322. The minimum atomic E-state index is 0.361. The molecule has 2 N–H and O–H groups in total. The van der Waals surface area contributed by atoms with E-state index >= 15 is 0 Å². The SMILES string of the molecule is O=Nc1[nH][nH]c2cccc1-2. The maximum atomic E-state index is 10.1. The number of H-pyrrole nitrogens is 2. The first kappa shape index (κ1) is 5.22. The average molecular weight is 135 g/mol. The first-order valence-electron chi connectivity index (χ1n) is 2.90. The summed E-state index contributed by atoms with van der Waals surface area (Å²) in [6, 6.07) is 5.57. The van der Waals surface area contributed by atoms with Gasteiger partial charge in [-0.05, 0) is 17.3 Å². The molecule has 0 spiro atoms. The van der Waals surface area contributed by atoms with Crippen molar-refractivity contribution in [1.29, 1.82) is 0 Å². The van der Waals surface area contributed by atoms with E-state index in [-0.39, 0.29) is 0 Å². The molecule has 0 atom stereocenters. The second-order valence-electron chi connectivity index (χ2n) is 2.04. The molecule has 10 heavy (non-hydrogen) atoms. The van der Waals surface area contributed by atoms with Crippen LogP contribution in [-0.2, 0) is 0 Å². The van der Waals surface area contributed by atoms with Crippen molar-refractivity contribution < 1.29 is 0 Å². The fourth-order valence-electron chi connectivity index (χ4n) is 1.00. The normalized spacial score (nSPS) is 10.4. The number of rotatable bonds is 1. The predicted molar refractivity (Wildman–Crippen MR) is 37.2 cm³/mol. The summed E-state index contributed by atoms with van der Waals surface area (Å²) in [5, 5.41) is 8.23. The Hall–Kier alpha value is -1.58. The van der Waals surface area contributed by atoms with E-state index in [1.807, 2.05) is 18.2 Å². The molecular formula is C6H5N3O. The molecule has 0 bridgehead atoms. The molecule has 1 heterocycles. The van der Waals surface area contributed by atoms with Gasteiger partial charge in [-0.25, -0.2) is 0 Å². The zero-order valence-electron chi connectivity index (χ0n) is 5.09. The Labute approximate surface area is 56.5 Å². The summed E-state index contributed by atoms with van der Waals surface area (Å²) < 4.78 is 0. The highest BCUT2D eigenvalue weighted by Crippen LogP contribution is 2.29. The third-order valence-electron chi connectivity index (χ3n) is 1.48. The molecule has 0 aromatic rings. The Morgan fingerprint density at radius 1 is 1.30 bits per heavy atom. The highest BCUT2D eigenvalue weighted by atomic mass is 16.3. The van der Waals surface area contributed by atoms with Gasteiger partial charge in [0, 0.05) is 5.56 Å². The van der Waals surface area contributed by atoms with Gasteiger partial charge in [0.2, 0.25) is 0 Å². The molecule has 4 heteroatoms. The van der Waals surface area contributed by atoms with E-state index < -0.39 is 0 Å². The summed E-state index contributed by atoms with van der Waals surface area (Å²) in [5.74, 6) is 0.361. The topological polar surface area (TPSA) is 61.0 Å². The summed E-state index contributed by atoms with van der Waals surface area (Å²) in [6.07, 6.45) is 0. The van der Waals surface area contributed by atoms with Crippen molar-refractivity contribution in [2.24, 2.45) is 5.18 Å². The van der Waals surface area contributed by atoms with Crippen LogP contribution in [0, 0.1) is 4.91 Å². The van der Waals surface area contributed by atoms with Crippen molar-refractivity contribution in [2.45, 2.75) is 0 Å². The molecule has 2 rings (SSSR count). The maximum Gasteiger partial charge on any atom is 0.198 e. The van der Waals surface area contributed by atoms with E-state index in [0.29, 0.717) is 5.82 Å². The fraction of sp³-hybridized carbons (Fsp3) is 0. The molecule has 1 aliphatic heterocycles. The van der Waals surface area contributed by atoms with Gasteiger partial charge in [-0.15, -0.1) is 4.91 Å². The van der Waals surface area contributed by atoms with E-state index in [1.54, 1.807) is 0 Å². The van der Waals surface area contributed by atoms with E-state index in [1.165, 1.54) is 0 Å². The number of fused-ring (bicyclic) bond motifs is 1. The number of hydrogen-bond acceptors (Lipinski definition) is 2. The van der Waals surface area contributed by atoms with E-state index in [9.17, 15) is 4.91 Å². The summed E-state index contributed by atoms with van der Waals surface area (Å²) in [6.45, 7) is 0. The van der Waals surface area contributed by atoms with Crippen molar-refractivity contribution in [3.05, 3.63) is 23.1 Å². The first-order chi connectivity index (χ1) is 4.92. The van der Waals surface area contributed by atoms with Crippen LogP contribution in [0.15, 0.2) is 23.4 Å². The molecule has 4 nitrogen and oxygen atoms in total. The Kier molecular flexibility index (Phi) is 0.887. The number of aromatic nitrogens is 2. The Morgan fingerprint density at radius 3 is 3.00 bits per heavy atom. The third-order valence-corrected chi connectivity index (χ3v) is 1.48. The number of nitroso groups, excluding NO2 is 1. The van der Waals surface area contributed by atoms with Gasteiger partial charge in [0.25, 0.3) is 0 Å². The average Bonchev–Trinajstić information content (AvgIpc) is 2.44. The number of hydrogen-bond donors (Lipinski definition) is 2. The minimum Gasteiger partial charge on any atom is -0.299 e. The molecule has 50 valence electrons. The van der Waals surface area contributed by atoms with Gasteiger partial charge in [-0.2, -0.15) is 0 Å². The van der Waals surface area contributed by atoms with Crippen LogP contribution in [0.25, 0.3) is 11.3 Å². The number of aromatic amines is 2. The molecule has 0 aromatic carbocycles. The Balaban J connectivity index is 2.71. The second-order valence-corrected chi connectivity index (χ2v) is 2.04. The van der Waals surface area contributed by atoms with Gasteiger partial charge < -0.3 is 0 Å². The van der Waals surface area contributed by atoms with Crippen molar-refractivity contribution in [3.63, 3.8) is 0 Å². The zero-order valence-corrected chi connectivity index (χ0v) is 5.09. The predicted octanol–water partition coefficient (Wildman–Crippen LogP) is 1.85. The van der Waals surface area contributed by atoms with Gasteiger partial charge in [0.15, 0.2) is 5.82 Å². The lowest BCUT2D eigenvalue weighted by Gasteiger charge is -1.80. The van der Waals surface area contributed by atoms with Crippen molar-refractivity contribution in [2.75, 3.05) is 0 Å². The largest absolute Gasteiger partial charge is 0.299 e. The summed E-state index contributed by atoms with van der Waals surface area (Å²) >= 11 is 0. The van der Waals surface area contributed by atoms with Crippen LogP contribution < -0.4 is 0 Å². The van der Waals surface area contributed by atoms with E-state index in [2.05, 4.69) is 15.4 Å². The molecule has 0 saturated heterocycles. The van der Waals surface area contributed by atoms with Crippen molar-refractivity contribution in [3.8, 4) is 11.3 Å². The fourth-order valence-corrected chi connectivity index (χ4v) is 1.00. The highest BCUT2D eigenvalue weighted by Gasteiger charge is 2.09. The molecular weight excluding hydrogens is 130 g/mol. The monoisotopic (exact) mass is 135 g/mol. The number of nitrogens with zero attached hydrogens (tertiary/aromatic N) is 1. The molecule has 2 aliphatic rings. The van der Waals surface area contributed by atoms with Gasteiger partial charge >= 0.3 is 0 Å². The van der Waals surface area contributed by atoms with Gasteiger partial charge in [0.1, 0.15) is 0 Å². The molecule has 0 saturated carbocycles. The van der Waals surface area contributed by atoms with Crippen LogP contribution in [0.4, 0.5) is 5.82 Å². The summed E-state index contributed by atoms with van der Waals surface area (Å²) in [4.78, 5) is 10.1. The van der Waals surface area contributed by atoms with E-state index in [0.717, 1.165) is 11.3 Å². The Morgan fingerprint density at radius 2 is 2.20 bits per heavy atom. The molecule has 0 amide bonds. The van der Waals surface area contributed by atoms with Crippen LogP contribution in [0.1, 0.15) is 0 Å². The first-order valence-corrected chi connectivity index (χ1v) is 2.90. The summed E-state index contributed by atoms with van der Waals surface area (Å²) in [7, 11) is 0. The maximum absolute atomic E-state index is 10.1. The van der Waals surface area contributed by atoms with Crippen LogP contribution >= 0.6 is 0 Å². The molecule has 0 fully saturated rings. The second kappa shape index (κ2) is 1.70. The van der Waals surface area contributed by atoms with Crippen molar-refractivity contribution in [1.82, 2.24) is 10.2 Å². The lowest BCUT2D eigenvalue weighted by Crippen LogP contribution is -1.62. The van der Waals surface area contributed by atoms with Crippen LogP contribution in [-0.4, -0.2) is 10.2 Å². The van der Waals surface area contributed by atoms with Crippen LogP contribution in [0.5, 0.6) is 0 Å². The number of nitrogens with one attached hydrogen (secondary N) is 2. The molecule has 0 radical (unpaired) electrons.